The molecule has 0 fully saturated rings. The normalized spacial score (nSPS) is 10.4. The third-order valence-electron chi connectivity index (χ3n) is 23.4. The van der Waals surface area contributed by atoms with Crippen molar-refractivity contribution in [3.05, 3.63) is 349 Å². The number of nitrogens with one attached hydrogen (secondary N) is 6. The number of halogens is 4. The lowest BCUT2D eigenvalue weighted by Gasteiger charge is -2.24. The number of para-hydroxylation sites is 1. The minimum absolute atomic E-state index is 0.0550. The van der Waals surface area contributed by atoms with Crippen molar-refractivity contribution in [1.29, 1.82) is 0 Å². The summed E-state index contributed by atoms with van der Waals surface area (Å²) in [5.41, 5.74) is 24.7. The number of benzene rings is 12. The number of amides is 12. The van der Waals surface area contributed by atoms with Crippen LogP contribution >= 0.6 is 50.1 Å². The van der Waals surface area contributed by atoms with Crippen LogP contribution in [0.3, 0.4) is 0 Å². The molecule has 12 aromatic carbocycles. The smallest absolute Gasteiger partial charge is 0.321 e. The summed E-state index contributed by atoms with van der Waals surface area (Å²) in [6.45, 7) is 43.4. The molecule has 0 aliphatic heterocycles. The van der Waals surface area contributed by atoms with E-state index in [1.807, 2.05) is 280 Å². The van der Waals surface area contributed by atoms with E-state index < -0.39 is 0 Å². The molecule has 143 heavy (non-hydrogen) atoms. The van der Waals surface area contributed by atoms with E-state index in [-0.39, 0.29) is 48.6 Å². The van der Waals surface area contributed by atoms with Crippen LogP contribution in [-0.2, 0) is 39.6 Å². The molecule has 24 nitrogen and oxygen atoms in total. The predicted molar refractivity (Wildman–Crippen MR) is 595 cm³/mol. The molecule has 0 radical (unpaired) electrons. The van der Waals surface area contributed by atoms with Gasteiger partial charge >= 0.3 is 36.2 Å². The van der Waals surface area contributed by atoms with Gasteiger partial charge in [-0.25, -0.2) is 33.2 Å². The Morgan fingerprint density at radius 2 is 0.524 bits per heavy atom. The van der Waals surface area contributed by atoms with Gasteiger partial charge in [0.2, 0.25) is 0 Å². The number of hydrogen-bond acceptors (Lipinski definition) is 12. The SMILES string of the molecule is CCN(C(=O)NC)c1cccc(Br)c1COc1ccc(C)cc1C.CCN(C(=O)NC)c1cccc(C)c1COc1ccc(C)cc1C.CCN(C(=O)NC)c1cccc(Cl)c1COc1ccc(C)cc1C.CCN(C(=O)NC)c1cccc(F)c1COc1ccc(C)cc1C.CCN(C(=O)NC)c1cccc(I)c1COc1ccc(C)cc1C.CCN(C(=O)NC)c1ccccc1COc1ccc(C)cc1C. The number of nitrogens with zero attached hydrogens (tertiary/aromatic N) is 6. The van der Waals surface area contributed by atoms with Crippen molar-refractivity contribution < 1.29 is 61.6 Å². The molecule has 0 heterocycles. The van der Waals surface area contributed by atoms with Crippen molar-refractivity contribution in [3.63, 3.8) is 0 Å². The van der Waals surface area contributed by atoms with Gasteiger partial charge in [0, 0.05) is 128 Å². The van der Waals surface area contributed by atoms with Crippen LogP contribution in [0.15, 0.2) is 229 Å². The van der Waals surface area contributed by atoms with Gasteiger partial charge in [-0.3, -0.25) is 29.4 Å². The van der Waals surface area contributed by atoms with Gasteiger partial charge in [0.05, 0.1) is 34.1 Å². The number of rotatable bonds is 30. The van der Waals surface area contributed by atoms with Crippen LogP contribution in [0.2, 0.25) is 5.02 Å². The van der Waals surface area contributed by atoms with Crippen molar-refractivity contribution in [1.82, 2.24) is 31.9 Å². The van der Waals surface area contributed by atoms with Crippen molar-refractivity contribution >= 4 is 120 Å². The maximum atomic E-state index is 14.3. The summed E-state index contributed by atoms with van der Waals surface area (Å²) in [4.78, 5) is 82.6. The molecule has 0 aliphatic rings. The number of carbonyl (C=O) groups is 6. The van der Waals surface area contributed by atoms with Crippen LogP contribution in [-0.4, -0.2) is 118 Å². The van der Waals surface area contributed by atoms with Crippen LogP contribution in [0.5, 0.6) is 34.5 Å². The summed E-state index contributed by atoms with van der Waals surface area (Å²) in [6.07, 6.45) is 0. The Morgan fingerprint density at radius 3 is 0.860 bits per heavy atom. The summed E-state index contributed by atoms with van der Waals surface area (Å²) in [6, 6.07) is 71.3. The van der Waals surface area contributed by atoms with Crippen LogP contribution in [0.1, 0.15) is 147 Å². The highest BCUT2D eigenvalue weighted by Crippen LogP contribution is 2.37. The number of urea groups is 6. The topological polar surface area (TPSA) is 249 Å². The second-order valence-electron chi connectivity index (χ2n) is 33.8. The minimum Gasteiger partial charge on any atom is -0.489 e. The molecule has 0 atom stereocenters. The Labute approximate surface area is 873 Å². The highest BCUT2D eigenvalue weighted by Gasteiger charge is 2.26. The fraction of sp³-hybridized carbons (Fsp3) is 0.322. The molecule has 0 bridgehead atoms. The largest absolute Gasteiger partial charge is 0.489 e. The summed E-state index contributed by atoms with van der Waals surface area (Å²) < 4.78 is 52.2. The molecule has 0 aliphatic carbocycles. The van der Waals surface area contributed by atoms with Crippen molar-refractivity contribution in [2.45, 2.75) is 171 Å². The van der Waals surface area contributed by atoms with Crippen LogP contribution in [0.25, 0.3) is 0 Å². The Bertz CT molecular complexity index is 5540. The number of hydrogen-bond donors (Lipinski definition) is 6. The molecule has 12 amide bonds. The van der Waals surface area contributed by atoms with Gasteiger partial charge in [-0.2, -0.15) is 0 Å². The summed E-state index contributed by atoms with van der Waals surface area (Å²) >= 11 is 12.2. The van der Waals surface area contributed by atoms with Gasteiger partial charge in [0.15, 0.2) is 0 Å². The lowest BCUT2D eigenvalue weighted by molar-refractivity contribution is 0.247. The lowest BCUT2D eigenvalue weighted by atomic mass is 10.1. The highest BCUT2D eigenvalue weighted by atomic mass is 127. The monoisotopic (exact) mass is 2140 g/mol. The molecule has 28 heteroatoms. The van der Waals surface area contributed by atoms with E-state index in [0.717, 1.165) is 138 Å². The van der Waals surface area contributed by atoms with E-state index in [0.29, 0.717) is 94.3 Å². The molecular formula is C115H142BrClFIN12O12. The van der Waals surface area contributed by atoms with Crippen molar-refractivity contribution in [2.75, 3.05) is 111 Å². The van der Waals surface area contributed by atoms with E-state index in [1.54, 1.807) is 78.9 Å². The zero-order valence-electron chi connectivity index (χ0n) is 87.4. The Balaban J connectivity index is 0.000000233. The second-order valence-corrected chi connectivity index (χ2v) is 36.2. The zero-order valence-corrected chi connectivity index (χ0v) is 91.9. The quantitative estimate of drug-likeness (QED) is 0.0230. The van der Waals surface area contributed by atoms with Gasteiger partial charge in [0.25, 0.3) is 0 Å². The first-order valence-corrected chi connectivity index (χ1v) is 50.1. The molecule has 0 spiro atoms. The first-order chi connectivity index (χ1) is 68.4. The number of anilines is 6. The molecule has 0 unspecified atom stereocenters. The Morgan fingerprint density at radius 1 is 0.280 bits per heavy atom. The first kappa shape index (κ1) is 116. The van der Waals surface area contributed by atoms with E-state index in [2.05, 4.69) is 128 Å². The molecular weight excluding hydrogens is 2000 g/mol. The predicted octanol–water partition coefficient (Wildman–Crippen LogP) is 26.8. The Kier molecular flexibility index (Phi) is 47.9. The van der Waals surface area contributed by atoms with Crippen molar-refractivity contribution in [3.8, 4) is 34.5 Å². The molecule has 0 aromatic heterocycles. The third-order valence-corrected chi connectivity index (χ3v) is 25.5. The molecule has 12 aromatic rings. The third kappa shape index (κ3) is 33.6. The van der Waals surface area contributed by atoms with E-state index in [1.165, 1.54) is 38.8 Å². The van der Waals surface area contributed by atoms with Crippen molar-refractivity contribution in [2.24, 2.45) is 0 Å². The second kappa shape index (κ2) is 58.8. The standard InChI is InChI=1S/C20H26N2O2.C19H23BrN2O2.C19H23ClN2O2.C19H23FN2O2.C19H23IN2O2.C19H24N2O2/c1-6-22(20(23)21-5)18-9-7-8-15(3)17(18)13-24-19-11-10-14(2)12-16(19)4;4*1-5-22(19(23)21-4)17-8-6-7-16(20)15(17)12-24-18-10-9-13(2)11-14(18)3;1-5-21(19(22)20-4)17-9-7-6-8-16(17)13-23-18-11-10-14(2)12-15(18)3/h7-12H,6,13H2,1-5H3,(H,21,23);4*6-11H,5,12H2,1-4H3,(H,21,23);6-12H,5,13H2,1-4H3,(H,20,22). The highest BCUT2D eigenvalue weighted by molar-refractivity contribution is 14.1. The van der Waals surface area contributed by atoms with Gasteiger partial charge in [-0.05, 0) is 290 Å². The zero-order chi connectivity index (χ0) is 105. The molecule has 762 valence electrons. The summed E-state index contributed by atoms with van der Waals surface area (Å²) in [5.74, 6) is 4.59. The molecule has 0 saturated carbocycles. The number of ether oxygens (including phenoxy) is 6. The van der Waals surface area contributed by atoms with Gasteiger partial charge in [0.1, 0.15) is 80.0 Å². The van der Waals surface area contributed by atoms with Crippen LogP contribution in [0, 0.1) is 99.4 Å². The number of carbonyl (C=O) groups excluding carboxylic acids is 6. The molecule has 6 N–H and O–H groups in total. The van der Waals surface area contributed by atoms with Gasteiger partial charge in [-0.1, -0.05) is 188 Å². The summed E-state index contributed by atoms with van der Waals surface area (Å²) in [7, 11) is 9.73. The maximum Gasteiger partial charge on any atom is 0.321 e. The van der Waals surface area contributed by atoms with Crippen LogP contribution < -0.4 is 89.7 Å². The first-order valence-electron chi connectivity index (χ1n) is 47.9. The summed E-state index contributed by atoms with van der Waals surface area (Å²) in [5, 5.41) is 16.6. The average Bonchev–Trinajstić information content (AvgIpc) is 0.828. The van der Waals surface area contributed by atoms with Crippen LogP contribution in [0.4, 0.5) is 67.3 Å². The molecule has 0 saturated heterocycles. The van der Waals surface area contributed by atoms with Gasteiger partial charge in [-0.15, -0.1) is 0 Å². The van der Waals surface area contributed by atoms with Gasteiger partial charge < -0.3 is 60.3 Å². The van der Waals surface area contributed by atoms with E-state index >= 15 is 0 Å². The Hall–Kier alpha value is -13.5. The maximum absolute atomic E-state index is 14.3. The number of aryl methyl sites for hydroxylation is 13. The lowest BCUT2D eigenvalue weighted by Crippen LogP contribution is -2.38. The minimum atomic E-state index is -0.389. The molecule has 12 rings (SSSR count). The van der Waals surface area contributed by atoms with E-state index in [4.69, 9.17) is 40.0 Å². The van der Waals surface area contributed by atoms with E-state index in [9.17, 15) is 33.2 Å². The fourth-order valence-corrected chi connectivity index (χ4v) is 17.2. The average molecular weight is 2150 g/mol. The fourth-order valence-electron chi connectivity index (χ4n) is 15.8.